The van der Waals surface area contributed by atoms with Gasteiger partial charge in [-0.05, 0) is 12.8 Å². The van der Waals surface area contributed by atoms with E-state index in [1.165, 1.54) is 7.05 Å². The molecule has 1 atom stereocenters. The molecule has 0 spiro atoms. The van der Waals surface area contributed by atoms with Crippen LogP contribution in [0.4, 0.5) is 4.79 Å². The summed E-state index contributed by atoms with van der Waals surface area (Å²) in [7, 11) is 1.38. The second-order valence-electron chi connectivity index (χ2n) is 4.12. The second-order valence-corrected chi connectivity index (χ2v) is 4.12. The van der Waals surface area contributed by atoms with Gasteiger partial charge in [-0.15, -0.1) is 0 Å². The van der Waals surface area contributed by atoms with Gasteiger partial charge in [0.05, 0.1) is 0 Å². The van der Waals surface area contributed by atoms with Crippen LogP contribution in [0, 0.1) is 0 Å². The number of nitrogens with two attached hydrogens (primary N) is 1. The highest BCUT2D eigenvalue weighted by Crippen LogP contribution is 2.14. The average molecular weight is 229 g/mol. The maximum Gasteiger partial charge on any atom is 0.408 e. The van der Waals surface area contributed by atoms with Crippen molar-refractivity contribution in [3.05, 3.63) is 0 Å². The van der Waals surface area contributed by atoms with E-state index in [4.69, 9.17) is 10.8 Å². The Morgan fingerprint density at radius 2 is 1.75 bits per heavy atom. The molecule has 6 nitrogen and oxygen atoms in total. The molecule has 1 saturated heterocycles. The molecule has 16 heavy (non-hydrogen) atoms. The minimum Gasteiger partial charge on any atom is -0.465 e. The summed E-state index contributed by atoms with van der Waals surface area (Å²) in [5.74, 6) is -0.605. The Labute approximate surface area is 95.0 Å². The number of carbonyl (C=O) groups is 2. The third-order valence-electron chi connectivity index (χ3n) is 2.91. The van der Waals surface area contributed by atoms with Gasteiger partial charge in [0.25, 0.3) is 5.91 Å². The number of nitrogens with zero attached hydrogens (tertiary/aromatic N) is 2. The van der Waals surface area contributed by atoms with E-state index < -0.39 is 18.2 Å². The van der Waals surface area contributed by atoms with Gasteiger partial charge in [0, 0.05) is 20.1 Å². The summed E-state index contributed by atoms with van der Waals surface area (Å²) in [6.07, 6.45) is 2.25. The van der Waals surface area contributed by atoms with Gasteiger partial charge in [-0.3, -0.25) is 14.6 Å². The summed E-state index contributed by atoms with van der Waals surface area (Å²) >= 11 is 0. The molecule has 1 aliphatic rings. The van der Waals surface area contributed by atoms with Crippen molar-refractivity contribution in [1.82, 2.24) is 9.80 Å². The Morgan fingerprint density at radius 3 is 2.12 bits per heavy atom. The molecule has 1 unspecified atom stereocenters. The molecule has 0 bridgehead atoms. The van der Waals surface area contributed by atoms with Gasteiger partial charge in [0.15, 0.2) is 6.17 Å². The van der Waals surface area contributed by atoms with Gasteiger partial charge in [0.2, 0.25) is 0 Å². The summed E-state index contributed by atoms with van der Waals surface area (Å²) in [4.78, 5) is 25.0. The molecule has 0 aromatic carbocycles. The van der Waals surface area contributed by atoms with Crippen LogP contribution in [0.3, 0.4) is 0 Å². The zero-order valence-corrected chi connectivity index (χ0v) is 9.56. The van der Waals surface area contributed by atoms with E-state index >= 15 is 0 Å². The number of rotatable bonds is 3. The molecule has 6 heteroatoms. The number of amides is 2. The third-order valence-corrected chi connectivity index (χ3v) is 2.91. The Balaban J connectivity index is 2.75. The van der Waals surface area contributed by atoms with Gasteiger partial charge < -0.3 is 10.8 Å². The van der Waals surface area contributed by atoms with Crippen LogP contribution in [0.5, 0.6) is 0 Å². The molecule has 2 amide bonds. The quantitative estimate of drug-likeness (QED) is 0.728. The lowest BCUT2D eigenvalue weighted by molar-refractivity contribution is -0.128. The first kappa shape index (κ1) is 12.8. The summed E-state index contributed by atoms with van der Waals surface area (Å²) in [6.45, 7) is 1.45. The van der Waals surface area contributed by atoms with E-state index in [9.17, 15) is 9.59 Å². The highest BCUT2D eigenvalue weighted by atomic mass is 16.4. The first-order valence-electron chi connectivity index (χ1n) is 5.53. The smallest absolute Gasteiger partial charge is 0.408 e. The van der Waals surface area contributed by atoms with Crippen molar-refractivity contribution in [2.24, 2.45) is 5.73 Å². The number of primary amides is 1. The molecule has 0 aromatic heterocycles. The number of carboxylic acid groups (broad SMARTS) is 1. The molecule has 0 radical (unpaired) electrons. The van der Waals surface area contributed by atoms with E-state index in [-0.39, 0.29) is 0 Å². The predicted molar refractivity (Wildman–Crippen MR) is 58.8 cm³/mol. The SMILES string of the molecule is CN(C(=O)O)C(C(N)=O)N1CCCCCC1. The van der Waals surface area contributed by atoms with Crippen LogP contribution in [0.2, 0.25) is 0 Å². The summed E-state index contributed by atoms with van der Waals surface area (Å²) in [5, 5.41) is 8.89. The van der Waals surface area contributed by atoms with Crippen molar-refractivity contribution < 1.29 is 14.7 Å². The molecule has 1 aliphatic heterocycles. The van der Waals surface area contributed by atoms with E-state index in [1.807, 2.05) is 4.90 Å². The Hall–Kier alpha value is -1.30. The van der Waals surface area contributed by atoms with Crippen LogP contribution in [-0.4, -0.2) is 53.2 Å². The first-order valence-corrected chi connectivity index (χ1v) is 5.53. The molecule has 1 fully saturated rings. The minimum atomic E-state index is -1.13. The monoisotopic (exact) mass is 229 g/mol. The molecule has 0 aliphatic carbocycles. The number of likely N-dealkylation sites (tertiary alicyclic amines) is 1. The first-order chi connectivity index (χ1) is 7.54. The number of hydrogen-bond acceptors (Lipinski definition) is 3. The van der Waals surface area contributed by atoms with Crippen molar-refractivity contribution in [3.63, 3.8) is 0 Å². The van der Waals surface area contributed by atoms with Crippen molar-refractivity contribution >= 4 is 12.0 Å². The third kappa shape index (κ3) is 3.10. The molecular weight excluding hydrogens is 210 g/mol. The second kappa shape index (κ2) is 5.69. The highest BCUT2D eigenvalue weighted by Gasteiger charge is 2.30. The zero-order valence-electron chi connectivity index (χ0n) is 9.56. The van der Waals surface area contributed by atoms with E-state index in [1.54, 1.807) is 0 Å². The predicted octanol–water partition coefficient (Wildman–Crippen LogP) is 0.284. The van der Waals surface area contributed by atoms with Crippen LogP contribution < -0.4 is 5.73 Å². The molecule has 0 aromatic rings. The summed E-state index contributed by atoms with van der Waals surface area (Å²) < 4.78 is 0. The number of carbonyl (C=O) groups excluding carboxylic acids is 1. The Bertz CT molecular complexity index is 262. The van der Waals surface area contributed by atoms with Crippen LogP contribution in [-0.2, 0) is 4.79 Å². The lowest BCUT2D eigenvalue weighted by Gasteiger charge is -2.33. The largest absolute Gasteiger partial charge is 0.465 e. The standard InChI is InChI=1S/C10H19N3O3/c1-12(10(15)16)9(8(11)14)13-6-4-2-3-5-7-13/h9H,2-7H2,1H3,(H2,11,14)(H,15,16). The van der Waals surface area contributed by atoms with Gasteiger partial charge >= 0.3 is 6.09 Å². The van der Waals surface area contributed by atoms with Crippen molar-refractivity contribution in [2.45, 2.75) is 31.8 Å². The van der Waals surface area contributed by atoms with Gasteiger partial charge in [-0.2, -0.15) is 0 Å². The zero-order chi connectivity index (χ0) is 12.1. The normalized spacial score (nSPS) is 19.8. The van der Waals surface area contributed by atoms with Crippen molar-refractivity contribution in [1.29, 1.82) is 0 Å². The fourth-order valence-corrected chi connectivity index (χ4v) is 2.06. The van der Waals surface area contributed by atoms with Crippen LogP contribution >= 0.6 is 0 Å². The van der Waals surface area contributed by atoms with Crippen molar-refractivity contribution in [3.8, 4) is 0 Å². The fraction of sp³-hybridized carbons (Fsp3) is 0.800. The number of hydrogen-bond donors (Lipinski definition) is 2. The molecule has 92 valence electrons. The topological polar surface area (TPSA) is 86.9 Å². The molecular formula is C10H19N3O3. The maximum absolute atomic E-state index is 11.3. The van der Waals surface area contributed by atoms with E-state index in [2.05, 4.69) is 0 Å². The lowest BCUT2D eigenvalue weighted by atomic mass is 10.2. The van der Waals surface area contributed by atoms with Crippen LogP contribution in [0.15, 0.2) is 0 Å². The van der Waals surface area contributed by atoms with Gasteiger partial charge in [-0.1, -0.05) is 12.8 Å². The van der Waals surface area contributed by atoms with Gasteiger partial charge in [-0.25, -0.2) is 4.79 Å². The number of likely N-dealkylation sites (N-methyl/N-ethyl adjacent to an activating group) is 1. The van der Waals surface area contributed by atoms with E-state index in [0.29, 0.717) is 0 Å². The fourth-order valence-electron chi connectivity index (χ4n) is 2.06. The molecule has 3 N–H and O–H groups in total. The molecule has 1 heterocycles. The summed E-state index contributed by atoms with van der Waals surface area (Å²) in [6, 6.07) is 0. The van der Waals surface area contributed by atoms with Crippen LogP contribution in [0.25, 0.3) is 0 Å². The maximum atomic E-state index is 11.3. The molecule has 0 saturated carbocycles. The van der Waals surface area contributed by atoms with E-state index in [0.717, 1.165) is 43.7 Å². The minimum absolute atomic E-state index is 0.605. The summed E-state index contributed by atoms with van der Waals surface area (Å²) in [5.41, 5.74) is 5.27. The van der Waals surface area contributed by atoms with Crippen LogP contribution in [0.1, 0.15) is 25.7 Å². The highest BCUT2D eigenvalue weighted by molar-refractivity contribution is 5.83. The lowest BCUT2D eigenvalue weighted by Crippen LogP contribution is -2.56. The Kier molecular flexibility index (Phi) is 4.54. The van der Waals surface area contributed by atoms with Gasteiger partial charge in [0.1, 0.15) is 0 Å². The van der Waals surface area contributed by atoms with Crippen molar-refractivity contribution in [2.75, 3.05) is 20.1 Å². The average Bonchev–Trinajstić information content (AvgIpc) is 2.46. The Morgan fingerprint density at radius 1 is 1.25 bits per heavy atom. The molecule has 1 rings (SSSR count).